The van der Waals surface area contributed by atoms with Gasteiger partial charge in [-0.25, -0.2) is 15.0 Å². The van der Waals surface area contributed by atoms with Crippen LogP contribution in [0.15, 0.2) is 59.9 Å². The van der Waals surface area contributed by atoms with Crippen LogP contribution in [0, 0.1) is 6.92 Å². The molecule has 1 aliphatic rings. The van der Waals surface area contributed by atoms with E-state index in [1.165, 1.54) is 10.6 Å². The molecule has 0 radical (unpaired) electrons. The second-order valence-electron chi connectivity index (χ2n) is 6.97. The van der Waals surface area contributed by atoms with Gasteiger partial charge in [0.1, 0.15) is 23.8 Å². The maximum absolute atomic E-state index is 12.3. The third-order valence-corrected chi connectivity index (χ3v) is 4.86. The molecule has 0 aromatic carbocycles. The van der Waals surface area contributed by atoms with Crippen LogP contribution in [0.25, 0.3) is 5.65 Å². The number of aromatic nitrogens is 4. The summed E-state index contributed by atoms with van der Waals surface area (Å²) in [6.07, 6.45) is 6.05. The Morgan fingerprint density at radius 1 is 1.06 bits per heavy atom. The average molecular weight is 418 g/mol. The molecule has 0 fully saturated rings. The molecule has 1 aliphatic heterocycles. The predicted molar refractivity (Wildman–Crippen MR) is 110 cm³/mol. The van der Waals surface area contributed by atoms with Crippen LogP contribution in [-0.4, -0.2) is 33.1 Å². The van der Waals surface area contributed by atoms with Crippen molar-refractivity contribution in [1.29, 1.82) is 0 Å². The summed E-state index contributed by atoms with van der Waals surface area (Å²) in [6.45, 7) is 2.03. The lowest BCUT2D eigenvalue weighted by molar-refractivity contribution is 0.0844. The van der Waals surface area contributed by atoms with E-state index in [1.54, 1.807) is 56.9 Å². The van der Waals surface area contributed by atoms with Gasteiger partial charge in [-0.2, -0.15) is 0 Å². The molecule has 1 atom stereocenters. The molecule has 0 amide bonds. The number of methoxy groups -OCH3 is 1. The fraction of sp³-hybridized carbons (Fsp3) is 0.182. The van der Waals surface area contributed by atoms with Crippen molar-refractivity contribution in [2.75, 3.05) is 13.7 Å². The van der Waals surface area contributed by atoms with E-state index in [0.717, 1.165) is 5.56 Å². The number of ether oxygens (including phenoxy) is 4. The van der Waals surface area contributed by atoms with Gasteiger partial charge >= 0.3 is 0 Å². The van der Waals surface area contributed by atoms with E-state index in [9.17, 15) is 4.79 Å². The highest BCUT2D eigenvalue weighted by atomic mass is 16.6. The lowest BCUT2D eigenvalue weighted by Gasteiger charge is -2.25. The molecule has 156 valence electrons. The third kappa shape index (κ3) is 3.61. The molecular weight excluding hydrogens is 400 g/mol. The number of aryl methyl sites for hydroxylation is 1. The number of hydrogen-bond acceptors (Lipinski definition) is 8. The molecule has 4 aromatic rings. The number of rotatable bonds is 4. The third-order valence-electron chi connectivity index (χ3n) is 4.86. The van der Waals surface area contributed by atoms with Crippen molar-refractivity contribution >= 4 is 5.65 Å². The van der Waals surface area contributed by atoms with E-state index in [2.05, 4.69) is 15.0 Å². The Labute approximate surface area is 176 Å². The molecular formula is C22H18N4O5. The topological polar surface area (TPSA) is 97.1 Å². The Morgan fingerprint density at radius 3 is 2.77 bits per heavy atom. The van der Waals surface area contributed by atoms with Crippen molar-refractivity contribution in [2.24, 2.45) is 0 Å². The number of pyridine rings is 3. The van der Waals surface area contributed by atoms with Crippen LogP contribution in [0.5, 0.6) is 29.0 Å². The highest BCUT2D eigenvalue weighted by molar-refractivity contribution is 5.45. The molecule has 9 nitrogen and oxygen atoms in total. The Kier molecular flexibility index (Phi) is 4.62. The van der Waals surface area contributed by atoms with Crippen molar-refractivity contribution < 1.29 is 18.9 Å². The van der Waals surface area contributed by atoms with Gasteiger partial charge < -0.3 is 18.9 Å². The highest BCUT2D eigenvalue weighted by Crippen LogP contribution is 2.37. The van der Waals surface area contributed by atoms with E-state index in [1.807, 2.05) is 6.07 Å². The van der Waals surface area contributed by atoms with Crippen molar-refractivity contribution in [1.82, 2.24) is 19.4 Å². The second kappa shape index (κ2) is 7.60. The smallest absolute Gasteiger partial charge is 0.260 e. The fourth-order valence-electron chi connectivity index (χ4n) is 3.21. The maximum Gasteiger partial charge on any atom is 0.260 e. The quantitative estimate of drug-likeness (QED) is 0.499. The van der Waals surface area contributed by atoms with Crippen LogP contribution in [-0.2, 0) is 0 Å². The lowest BCUT2D eigenvalue weighted by atomic mass is 10.1. The molecule has 0 aliphatic carbocycles. The molecule has 5 rings (SSSR count). The minimum absolute atomic E-state index is 0.144. The Balaban J connectivity index is 1.36. The molecule has 0 unspecified atom stereocenters. The summed E-state index contributed by atoms with van der Waals surface area (Å²) in [6, 6.07) is 8.80. The predicted octanol–water partition coefficient (Wildman–Crippen LogP) is 3.11. The monoisotopic (exact) mass is 418 g/mol. The summed E-state index contributed by atoms with van der Waals surface area (Å²) >= 11 is 0. The first-order valence-corrected chi connectivity index (χ1v) is 9.56. The maximum atomic E-state index is 12.3. The fourth-order valence-corrected chi connectivity index (χ4v) is 3.21. The van der Waals surface area contributed by atoms with Gasteiger partial charge in [-0.3, -0.25) is 9.20 Å². The van der Waals surface area contributed by atoms with Gasteiger partial charge in [0.25, 0.3) is 11.4 Å². The van der Waals surface area contributed by atoms with Gasteiger partial charge in [-0.15, -0.1) is 0 Å². The number of nitrogens with zero attached hydrogens (tertiary/aromatic N) is 4. The minimum atomic E-state index is -0.326. The van der Waals surface area contributed by atoms with Crippen molar-refractivity contribution in [3.8, 4) is 29.0 Å². The van der Waals surface area contributed by atoms with E-state index in [-0.39, 0.29) is 11.7 Å². The van der Waals surface area contributed by atoms with Crippen molar-refractivity contribution in [3.63, 3.8) is 0 Å². The summed E-state index contributed by atoms with van der Waals surface area (Å²) < 4.78 is 24.2. The average Bonchev–Trinajstić information content (AvgIpc) is 2.81. The van der Waals surface area contributed by atoms with Crippen molar-refractivity contribution in [3.05, 3.63) is 76.6 Å². The standard InChI is InChI=1S/C22H18N4O5/c1-13-8-23-19-5-4-15(11-26(19)22(13)27)30-16-7-17-21(25-10-16)31-18(12-29-17)14-3-6-20(28-2)24-9-14/h3-11,18H,12H2,1-2H3/t18-/m0/s1. The summed E-state index contributed by atoms with van der Waals surface area (Å²) in [4.78, 5) is 25.1. The second-order valence-corrected chi connectivity index (χ2v) is 6.97. The molecule has 0 bridgehead atoms. The zero-order chi connectivity index (χ0) is 21.4. The van der Waals surface area contributed by atoms with E-state index in [0.29, 0.717) is 46.8 Å². The zero-order valence-corrected chi connectivity index (χ0v) is 16.8. The summed E-state index contributed by atoms with van der Waals surface area (Å²) in [7, 11) is 1.57. The molecule has 0 N–H and O–H groups in total. The molecule has 4 aromatic heterocycles. The molecule has 0 saturated carbocycles. The zero-order valence-electron chi connectivity index (χ0n) is 16.8. The summed E-state index contributed by atoms with van der Waals surface area (Å²) in [5.41, 5.74) is 1.81. The van der Waals surface area contributed by atoms with Gasteiger partial charge in [-0.05, 0) is 25.1 Å². The van der Waals surface area contributed by atoms with Gasteiger partial charge in [0.05, 0.1) is 19.5 Å². The Hall–Kier alpha value is -4.14. The first-order valence-electron chi connectivity index (χ1n) is 9.56. The minimum Gasteiger partial charge on any atom is -0.484 e. The van der Waals surface area contributed by atoms with E-state index < -0.39 is 0 Å². The van der Waals surface area contributed by atoms with Crippen LogP contribution in [0.1, 0.15) is 17.2 Å². The largest absolute Gasteiger partial charge is 0.484 e. The first kappa shape index (κ1) is 18.9. The van der Waals surface area contributed by atoms with Crippen LogP contribution in [0.2, 0.25) is 0 Å². The van der Waals surface area contributed by atoms with E-state index >= 15 is 0 Å². The van der Waals surface area contributed by atoms with Crippen LogP contribution < -0.4 is 24.5 Å². The summed E-state index contributed by atoms with van der Waals surface area (Å²) in [5.74, 6) is 2.31. The van der Waals surface area contributed by atoms with Crippen LogP contribution in [0.3, 0.4) is 0 Å². The normalized spacial score (nSPS) is 15.0. The molecule has 5 heterocycles. The lowest BCUT2D eigenvalue weighted by Crippen LogP contribution is -2.22. The SMILES string of the molecule is COc1ccc([C@@H]2COc3cc(Oc4ccc5ncc(C)c(=O)n5c4)cnc3O2)cn1. The Bertz CT molecular complexity index is 1320. The number of hydrogen-bond donors (Lipinski definition) is 0. The van der Waals surface area contributed by atoms with Gasteiger partial charge in [0, 0.05) is 35.7 Å². The van der Waals surface area contributed by atoms with Crippen molar-refractivity contribution in [2.45, 2.75) is 13.0 Å². The first-order chi connectivity index (χ1) is 15.1. The van der Waals surface area contributed by atoms with Gasteiger partial charge in [0.2, 0.25) is 5.88 Å². The molecule has 9 heteroatoms. The number of fused-ring (bicyclic) bond motifs is 2. The Morgan fingerprint density at radius 2 is 1.97 bits per heavy atom. The molecule has 0 spiro atoms. The van der Waals surface area contributed by atoms with Crippen LogP contribution >= 0.6 is 0 Å². The van der Waals surface area contributed by atoms with Crippen LogP contribution in [0.4, 0.5) is 0 Å². The summed E-state index contributed by atoms with van der Waals surface area (Å²) in [5, 5.41) is 0. The highest BCUT2D eigenvalue weighted by Gasteiger charge is 2.25. The van der Waals surface area contributed by atoms with E-state index in [4.69, 9.17) is 18.9 Å². The molecule has 0 saturated heterocycles. The van der Waals surface area contributed by atoms with Gasteiger partial charge in [-0.1, -0.05) is 0 Å². The van der Waals surface area contributed by atoms with Gasteiger partial charge in [0.15, 0.2) is 11.9 Å². The molecule has 31 heavy (non-hydrogen) atoms.